The van der Waals surface area contributed by atoms with Gasteiger partial charge >= 0.3 is 6.09 Å². The molecule has 0 radical (unpaired) electrons. The Kier molecular flexibility index (Phi) is 7.03. The SMILES string of the molecule is CC(C)(C)OC(=O)N1CC2COCC(C1)C2Oc1ncnc(Nc2ccc(C#N)cc2Cl)c1Cl. The number of nitrogens with one attached hydrogen (secondary N) is 1. The Bertz CT molecular complexity index is 1100. The molecular weight excluding hydrogens is 481 g/mol. The van der Waals surface area contributed by atoms with Crippen molar-refractivity contribution in [3.8, 4) is 11.9 Å². The summed E-state index contributed by atoms with van der Waals surface area (Å²) in [6.45, 7) is 7.34. The molecule has 2 aliphatic heterocycles. The quantitative estimate of drug-likeness (QED) is 0.638. The number of piperidine rings is 1. The molecule has 2 bridgehead atoms. The van der Waals surface area contributed by atoms with Crippen molar-refractivity contribution in [2.45, 2.75) is 32.5 Å². The minimum atomic E-state index is -0.564. The van der Waals surface area contributed by atoms with Gasteiger partial charge in [-0.25, -0.2) is 14.8 Å². The number of amides is 1. The van der Waals surface area contributed by atoms with E-state index in [1.165, 1.54) is 6.33 Å². The monoisotopic (exact) mass is 505 g/mol. The molecule has 0 aliphatic carbocycles. The number of nitrogens with zero attached hydrogens (tertiary/aromatic N) is 4. The van der Waals surface area contributed by atoms with Gasteiger partial charge in [0.25, 0.3) is 0 Å². The molecule has 2 aromatic rings. The van der Waals surface area contributed by atoms with Gasteiger partial charge in [0, 0.05) is 24.9 Å². The molecule has 1 N–H and O–H groups in total. The number of aromatic nitrogens is 2. The maximum atomic E-state index is 12.6. The molecule has 2 aliphatic rings. The normalized spacial score (nSPS) is 22.0. The third-order valence-corrected chi connectivity index (χ3v) is 6.16. The average Bonchev–Trinajstić information content (AvgIpc) is 2.76. The van der Waals surface area contributed by atoms with E-state index >= 15 is 0 Å². The van der Waals surface area contributed by atoms with Gasteiger partial charge in [-0.15, -0.1) is 0 Å². The Morgan fingerprint density at radius 1 is 1.24 bits per heavy atom. The minimum absolute atomic E-state index is 0.0598. The van der Waals surface area contributed by atoms with Crippen LogP contribution in [-0.4, -0.2) is 59.0 Å². The van der Waals surface area contributed by atoms with Crippen LogP contribution in [0.3, 0.4) is 0 Å². The van der Waals surface area contributed by atoms with Gasteiger partial charge in [-0.3, -0.25) is 0 Å². The number of carbonyl (C=O) groups excluding carboxylic acids is 1. The lowest BCUT2D eigenvalue weighted by atomic mass is 9.84. The average molecular weight is 506 g/mol. The van der Waals surface area contributed by atoms with Gasteiger partial charge in [-0.1, -0.05) is 23.2 Å². The zero-order valence-corrected chi connectivity index (χ0v) is 20.6. The number of anilines is 2. The zero-order valence-electron chi connectivity index (χ0n) is 19.0. The molecule has 3 heterocycles. The first-order chi connectivity index (χ1) is 16.1. The van der Waals surface area contributed by atoms with Crippen molar-refractivity contribution in [3.63, 3.8) is 0 Å². The first-order valence-corrected chi connectivity index (χ1v) is 11.6. The van der Waals surface area contributed by atoms with Crippen LogP contribution in [0.1, 0.15) is 26.3 Å². The van der Waals surface area contributed by atoms with E-state index in [0.717, 1.165) is 0 Å². The van der Waals surface area contributed by atoms with Crippen molar-refractivity contribution in [1.29, 1.82) is 5.26 Å². The van der Waals surface area contributed by atoms with Crippen molar-refractivity contribution < 1.29 is 19.0 Å². The molecule has 9 nitrogen and oxygen atoms in total. The van der Waals surface area contributed by atoms with Crippen molar-refractivity contribution >= 4 is 40.8 Å². The van der Waals surface area contributed by atoms with Crippen LogP contribution in [0.2, 0.25) is 10.0 Å². The molecule has 2 saturated heterocycles. The number of ether oxygens (including phenoxy) is 3. The molecule has 2 unspecified atom stereocenters. The van der Waals surface area contributed by atoms with Gasteiger partial charge in [0.2, 0.25) is 5.88 Å². The first-order valence-electron chi connectivity index (χ1n) is 10.8. The molecule has 4 rings (SSSR count). The van der Waals surface area contributed by atoms with E-state index in [1.54, 1.807) is 23.1 Å². The van der Waals surface area contributed by atoms with Crippen LogP contribution in [0.4, 0.5) is 16.3 Å². The topological polar surface area (TPSA) is 110 Å². The highest BCUT2D eigenvalue weighted by Crippen LogP contribution is 2.37. The molecule has 1 aromatic heterocycles. The molecular formula is C23H25Cl2N5O4. The molecule has 11 heteroatoms. The van der Waals surface area contributed by atoms with Crippen LogP contribution < -0.4 is 10.1 Å². The van der Waals surface area contributed by atoms with Crippen LogP contribution in [0.5, 0.6) is 5.88 Å². The van der Waals surface area contributed by atoms with Crippen LogP contribution in [-0.2, 0) is 9.47 Å². The molecule has 0 spiro atoms. The molecule has 1 aromatic carbocycles. The summed E-state index contributed by atoms with van der Waals surface area (Å²) in [5.41, 5.74) is 0.425. The minimum Gasteiger partial charge on any atom is -0.472 e. The first kappa shape index (κ1) is 24.3. The van der Waals surface area contributed by atoms with Crippen LogP contribution in [0.25, 0.3) is 0 Å². The van der Waals surface area contributed by atoms with Gasteiger partial charge < -0.3 is 24.4 Å². The lowest BCUT2D eigenvalue weighted by molar-refractivity contribution is -0.113. The highest BCUT2D eigenvalue weighted by atomic mass is 35.5. The number of fused-ring (bicyclic) bond motifs is 2. The smallest absolute Gasteiger partial charge is 0.410 e. The number of likely N-dealkylation sites (tertiary alicyclic amines) is 1. The fourth-order valence-electron chi connectivity index (χ4n) is 4.03. The van der Waals surface area contributed by atoms with E-state index in [1.807, 2.05) is 26.8 Å². The van der Waals surface area contributed by atoms with Gasteiger partial charge in [-0.05, 0) is 39.0 Å². The van der Waals surface area contributed by atoms with Crippen molar-refractivity contribution in [1.82, 2.24) is 14.9 Å². The molecule has 180 valence electrons. The van der Waals surface area contributed by atoms with Crippen LogP contribution >= 0.6 is 23.2 Å². The summed E-state index contributed by atoms with van der Waals surface area (Å²) in [7, 11) is 0. The maximum Gasteiger partial charge on any atom is 0.410 e. The van der Waals surface area contributed by atoms with Crippen molar-refractivity contribution in [2.24, 2.45) is 11.8 Å². The molecule has 2 atom stereocenters. The molecule has 34 heavy (non-hydrogen) atoms. The van der Waals surface area contributed by atoms with E-state index in [0.29, 0.717) is 48.4 Å². The highest BCUT2D eigenvalue weighted by molar-refractivity contribution is 6.35. The molecule has 2 fully saturated rings. The van der Waals surface area contributed by atoms with E-state index in [2.05, 4.69) is 15.3 Å². The van der Waals surface area contributed by atoms with E-state index in [9.17, 15) is 4.79 Å². The standard InChI is InChI=1S/C23H25Cl2N5O4/c1-23(2,3)34-22(31)30-8-14-10-32-11-15(9-30)19(14)33-21-18(25)20(27-12-28-21)29-17-5-4-13(7-26)6-16(17)24/h4-6,12,14-15,19H,8-11H2,1-3H3,(H,27,28,29). The number of rotatable bonds is 4. The summed E-state index contributed by atoms with van der Waals surface area (Å²) in [5, 5.41) is 12.6. The second-order valence-electron chi connectivity index (χ2n) is 9.30. The number of hydrogen-bond acceptors (Lipinski definition) is 8. The third kappa shape index (κ3) is 5.46. The Balaban J connectivity index is 1.49. The second-order valence-corrected chi connectivity index (χ2v) is 10.1. The Morgan fingerprint density at radius 3 is 2.56 bits per heavy atom. The summed E-state index contributed by atoms with van der Waals surface area (Å²) in [5.74, 6) is 0.438. The number of carbonyl (C=O) groups is 1. The van der Waals surface area contributed by atoms with E-state index in [4.69, 9.17) is 42.7 Å². The Labute approximate surface area is 207 Å². The van der Waals surface area contributed by atoms with Gasteiger partial charge in [0.05, 0.1) is 35.6 Å². The largest absolute Gasteiger partial charge is 0.472 e. The predicted molar refractivity (Wildman–Crippen MR) is 127 cm³/mol. The highest BCUT2D eigenvalue weighted by Gasteiger charge is 2.44. The zero-order chi connectivity index (χ0) is 24.5. The number of hydrogen-bond donors (Lipinski definition) is 1. The number of halogens is 2. The van der Waals surface area contributed by atoms with E-state index in [-0.39, 0.29) is 34.9 Å². The van der Waals surface area contributed by atoms with Crippen LogP contribution in [0.15, 0.2) is 24.5 Å². The van der Waals surface area contributed by atoms with Crippen molar-refractivity contribution in [2.75, 3.05) is 31.6 Å². The van der Waals surface area contributed by atoms with Crippen LogP contribution in [0, 0.1) is 23.2 Å². The number of nitriles is 1. The lowest BCUT2D eigenvalue weighted by Gasteiger charge is -2.46. The summed E-state index contributed by atoms with van der Waals surface area (Å²) < 4.78 is 17.5. The second kappa shape index (κ2) is 9.82. The van der Waals surface area contributed by atoms with Gasteiger partial charge in [0.1, 0.15) is 23.1 Å². The van der Waals surface area contributed by atoms with Crippen molar-refractivity contribution in [3.05, 3.63) is 40.1 Å². The predicted octanol–water partition coefficient (Wildman–Crippen LogP) is 4.66. The van der Waals surface area contributed by atoms with E-state index < -0.39 is 5.60 Å². The third-order valence-electron chi connectivity index (χ3n) is 5.51. The Hall–Kier alpha value is -2.80. The Morgan fingerprint density at radius 2 is 1.94 bits per heavy atom. The van der Waals surface area contributed by atoms with Gasteiger partial charge in [-0.2, -0.15) is 5.26 Å². The summed E-state index contributed by atoms with van der Waals surface area (Å²) in [6.07, 6.45) is 0.781. The van der Waals surface area contributed by atoms with Gasteiger partial charge in [0.15, 0.2) is 5.82 Å². The summed E-state index contributed by atoms with van der Waals surface area (Å²) in [6, 6.07) is 6.90. The molecule has 1 amide bonds. The summed E-state index contributed by atoms with van der Waals surface area (Å²) in [4.78, 5) is 22.7. The number of benzene rings is 1. The fraction of sp³-hybridized carbons (Fsp3) is 0.478. The lowest BCUT2D eigenvalue weighted by Crippen LogP contribution is -2.59. The fourth-order valence-corrected chi connectivity index (χ4v) is 4.45. The molecule has 0 saturated carbocycles. The maximum absolute atomic E-state index is 12.6. The summed E-state index contributed by atoms with van der Waals surface area (Å²) >= 11 is 12.8.